The van der Waals surface area contributed by atoms with E-state index in [1.54, 1.807) is 12.1 Å². The second-order valence-corrected chi connectivity index (χ2v) is 7.62. The van der Waals surface area contributed by atoms with Crippen molar-refractivity contribution in [2.45, 2.75) is 33.8 Å². The van der Waals surface area contributed by atoms with E-state index in [0.29, 0.717) is 16.9 Å². The number of ketones is 1. The monoisotopic (exact) mass is 402 g/mol. The normalized spacial score (nSPS) is 11.6. The fourth-order valence-electron chi connectivity index (χ4n) is 3.21. The molecule has 0 spiro atoms. The molecule has 0 N–H and O–H groups in total. The van der Waals surface area contributed by atoms with Crippen LogP contribution in [0.2, 0.25) is 0 Å². The number of hydrogen-bond donors (Lipinski definition) is 0. The third-order valence-corrected chi connectivity index (χ3v) is 4.76. The molecule has 30 heavy (non-hydrogen) atoms. The van der Waals surface area contributed by atoms with E-state index in [1.165, 1.54) is 0 Å². The summed E-state index contributed by atoms with van der Waals surface area (Å²) in [4.78, 5) is 25.6. The second kappa shape index (κ2) is 9.40. The zero-order valence-electron chi connectivity index (χ0n) is 17.8. The summed E-state index contributed by atoms with van der Waals surface area (Å²) in [6, 6.07) is 20.4. The van der Waals surface area contributed by atoms with Gasteiger partial charge >= 0.3 is 5.97 Å². The van der Waals surface area contributed by atoms with Gasteiger partial charge in [-0.15, -0.1) is 0 Å². The van der Waals surface area contributed by atoms with Crippen molar-refractivity contribution in [1.29, 1.82) is 0 Å². The molecule has 0 bridgehead atoms. The Kier molecular flexibility index (Phi) is 6.68. The summed E-state index contributed by atoms with van der Waals surface area (Å²) in [5.74, 6) is -0.264. The molecule has 0 aliphatic rings. The predicted molar refractivity (Wildman–Crippen MR) is 117 cm³/mol. The van der Waals surface area contributed by atoms with Crippen LogP contribution in [-0.2, 0) is 9.53 Å². The summed E-state index contributed by atoms with van der Waals surface area (Å²) < 4.78 is 11.2. The van der Waals surface area contributed by atoms with Gasteiger partial charge in [0.15, 0.2) is 12.7 Å². The van der Waals surface area contributed by atoms with Crippen LogP contribution in [0.4, 0.5) is 0 Å². The fraction of sp³-hybridized carbons (Fsp3) is 0.231. The van der Waals surface area contributed by atoms with Crippen molar-refractivity contribution in [1.82, 2.24) is 0 Å². The van der Waals surface area contributed by atoms with Crippen molar-refractivity contribution >= 4 is 11.8 Å². The molecule has 0 amide bonds. The number of benzene rings is 3. The molecule has 0 fully saturated rings. The average Bonchev–Trinajstić information content (AvgIpc) is 2.71. The molecule has 3 rings (SSSR count). The Balaban J connectivity index is 1.77. The summed E-state index contributed by atoms with van der Waals surface area (Å²) in [5.41, 5.74) is 5.33. The van der Waals surface area contributed by atoms with Crippen LogP contribution in [0.15, 0.2) is 66.7 Å². The van der Waals surface area contributed by atoms with Crippen molar-refractivity contribution < 1.29 is 19.1 Å². The van der Waals surface area contributed by atoms with E-state index >= 15 is 0 Å². The Morgan fingerprint density at radius 1 is 0.733 bits per heavy atom. The Morgan fingerprint density at radius 2 is 1.27 bits per heavy atom. The Labute approximate surface area is 177 Å². The van der Waals surface area contributed by atoms with Crippen LogP contribution < -0.4 is 4.74 Å². The van der Waals surface area contributed by atoms with Crippen molar-refractivity contribution in [2.75, 3.05) is 6.61 Å². The number of Topliss-reactive ketones (excluding diaryl/α,β-unsaturated/α-hetero) is 1. The Hall–Kier alpha value is -3.40. The average molecular weight is 402 g/mol. The van der Waals surface area contributed by atoms with Crippen LogP contribution in [0.3, 0.4) is 0 Å². The van der Waals surface area contributed by atoms with E-state index in [9.17, 15) is 9.59 Å². The number of carbonyl (C=O) groups is 2. The standard InChI is InChI=1S/C26H26O4/c1-17-5-9-21(10-6-17)25(28)26(22-11-7-18(2)8-12-22)30-24(27)16-29-23-14-19(3)13-20(4)15-23/h5-15,26H,16H2,1-4H3/t26-/m0/s1. The molecule has 0 aromatic heterocycles. The highest BCUT2D eigenvalue weighted by Crippen LogP contribution is 2.24. The van der Waals surface area contributed by atoms with Gasteiger partial charge in [0, 0.05) is 11.1 Å². The fourth-order valence-corrected chi connectivity index (χ4v) is 3.21. The maximum Gasteiger partial charge on any atom is 0.345 e. The van der Waals surface area contributed by atoms with Crippen LogP contribution >= 0.6 is 0 Å². The molecule has 0 saturated heterocycles. The van der Waals surface area contributed by atoms with Gasteiger partial charge in [0.25, 0.3) is 0 Å². The number of carbonyl (C=O) groups excluding carboxylic acids is 2. The number of esters is 1. The van der Waals surface area contributed by atoms with Crippen molar-refractivity contribution in [2.24, 2.45) is 0 Å². The molecule has 3 aromatic rings. The molecule has 0 aliphatic carbocycles. The molecule has 0 heterocycles. The maximum atomic E-state index is 13.1. The number of rotatable bonds is 7. The molecule has 0 saturated carbocycles. The lowest BCUT2D eigenvalue weighted by Gasteiger charge is -2.18. The van der Waals surface area contributed by atoms with Crippen LogP contribution in [0.5, 0.6) is 5.75 Å². The van der Waals surface area contributed by atoms with Crippen molar-refractivity contribution in [3.63, 3.8) is 0 Å². The van der Waals surface area contributed by atoms with Crippen LogP contribution in [0, 0.1) is 27.7 Å². The highest BCUT2D eigenvalue weighted by Gasteiger charge is 2.26. The number of hydrogen-bond acceptors (Lipinski definition) is 4. The molecule has 1 atom stereocenters. The second-order valence-electron chi connectivity index (χ2n) is 7.62. The minimum absolute atomic E-state index is 0.265. The van der Waals surface area contributed by atoms with Gasteiger partial charge in [0.2, 0.25) is 5.78 Å². The quantitative estimate of drug-likeness (QED) is 0.389. The zero-order valence-corrected chi connectivity index (χ0v) is 17.8. The van der Waals surface area contributed by atoms with Gasteiger partial charge in [-0.05, 0) is 51.0 Å². The molecule has 3 aromatic carbocycles. The summed E-state index contributed by atoms with van der Waals surface area (Å²) in [6.07, 6.45) is -1.02. The largest absolute Gasteiger partial charge is 0.482 e. The van der Waals surface area contributed by atoms with E-state index in [0.717, 1.165) is 22.3 Å². The number of ether oxygens (including phenoxy) is 2. The first-order chi connectivity index (χ1) is 14.3. The highest BCUT2D eigenvalue weighted by molar-refractivity contribution is 6.01. The van der Waals surface area contributed by atoms with Gasteiger partial charge in [-0.3, -0.25) is 4.79 Å². The van der Waals surface area contributed by atoms with Gasteiger partial charge in [-0.25, -0.2) is 4.79 Å². The molecular weight excluding hydrogens is 376 g/mol. The van der Waals surface area contributed by atoms with Gasteiger partial charge in [-0.1, -0.05) is 65.7 Å². The first-order valence-electron chi connectivity index (χ1n) is 9.90. The summed E-state index contributed by atoms with van der Waals surface area (Å²) in [7, 11) is 0. The van der Waals surface area contributed by atoms with Crippen molar-refractivity contribution in [3.05, 3.63) is 100 Å². The smallest absolute Gasteiger partial charge is 0.345 e. The molecule has 0 radical (unpaired) electrons. The van der Waals surface area contributed by atoms with E-state index in [1.807, 2.05) is 82.3 Å². The SMILES string of the molecule is Cc1ccc(C(=O)[C@@H](OC(=O)COc2cc(C)cc(C)c2)c2ccc(C)cc2)cc1. The number of aryl methyl sites for hydroxylation is 4. The van der Waals surface area contributed by atoms with Gasteiger partial charge in [0.1, 0.15) is 5.75 Å². The third-order valence-electron chi connectivity index (χ3n) is 4.76. The topological polar surface area (TPSA) is 52.6 Å². The van der Waals surface area contributed by atoms with Gasteiger partial charge in [-0.2, -0.15) is 0 Å². The van der Waals surface area contributed by atoms with E-state index in [-0.39, 0.29) is 12.4 Å². The highest BCUT2D eigenvalue weighted by atomic mass is 16.6. The first kappa shape index (κ1) is 21.3. The van der Waals surface area contributed by atoms with Crippen LogP contribution in [0.1, 0.15) is 44.3 Å². The third kappa shape index (κ3) is 5.57. The molecule has 0 aliphatic heterocycles. The van der Waals surface area contributed by atoms with Crippen molar-refractivity contribution in [3.8, 4) is 5.75 Å². The van der Waals surface area contributed by atoms with E-state index in [4.69, 9.17) is 9.47 Å². The van der Waals surface area contributed by atoms with Crippen LogP contribution in [0.25, 0.3) is 0 Å². The lowest BCUT2D eigenvalue weighted by atomic mass is 9.98. The van der Waals surface area contributed by atoms with Crippen LogP contribution in [-0.4, -0.2) is 18.4 Å². The first-order valence-corrected chi connectivity index (χ1v) is 9.90. The zero-order chi connectivity index (χ0) is 21.7. The molecule has 154 valence electrons. The Morgan fingerprint density at radius 3 is 1.83 bits per heavy atom. The lowest BCUT2D eigenvalue weighted by molar-refractivity contribution is -0.149. The molecular formula is C26H26O4. The van der Waals surface area contributed by atoms with E-state index < -0.39 is 12.1 Å². The predicted octanol–water partition coefficient (Wildman–Crippen LogP) is 5.47. The van der Waals surface area contributed by atoms with Gasteiger partial charge in [0.05, 0.1) is 0 Å². The van der Waals surface area contributed by atoms with Gasteiger partial charge < -0.3 is 9.47 Å². The Bertz CT molecular complexity index is 1010. The summed E-state index contributed by atoms with van der Waals surface area (Å²) in [5, 5.41) is 0. The maximum absolute atomic E-state index is 13.1. The summed E-state index contributed by atoms with van der Waals surface area (Å²) in [6.45, 7) is 7.57. The summed E-state index contributed by atoms with van der Waals surface area (Å²) >= 11 is 0. The van der Waals surface area contributed by atoms with E-state index in [2.05, 4.69) is 0 Å². The minimum atomic E-state index is -1.02. The molecule has 0 unspecified atom stereocenters. The lowest BCUT2D eigenvalue weighted by Crippen LogP contribution is -2.23. The molecule has 4 heteroatoms. The molecule has 4 nitrogen and oxygen atoms in total. The minimum Gasteiger partial charge on any atom is -0.482 e.